The molecule has 16 heavy (non-hydrogen) atoms. The van der Waals surface area contributed by atoms with E-state index in [0.29, 0.717) is 5.92 Å². The number of aromatic nitrogens is 2. The molecule has 2 N–H and O–H groups in total. The first-order valence-electron chi connectivity index (χ1n) is 6.00. The number of nitrogens with one attached hydrogen (secondary N) is 2. The van der Waals surface area contributed by atoms with Gasteiger partial charge in [0.25, 0.3) is 0 Å². The molecule has 88 valence electrons. The van der Waals surface area contributed by atoms with Crippen LogP contribution in [0, 0.1) is 12.8 Å². The van der Waals surface area contributed by atoms with Gasteiger partial charge < -0.3 is 10.3 Å². The molecule has 0 saturated carbocycles. The molecular formula is C12H19N3O. The molecule has 4 nitrogen and oxygen atoms in total. The lowest BCUT2D eigenvalue weighted by Crippen LogP contribution is -2.20. The van der Waals surface area contributed by atoms with E-state index in [1.54, 1.807) is 0 Å². The zero-order chi connectivity index (χ0) is 11.5. The van der Waals surface area contributed by atoms with E-state index in [9.17, 15) is 4.79 Å². The quantitative estimate of drug-likeness (QED) is 0.793. The molecule has 0 amide bonds. The normalized spacial score (nSPS) is 20.2. The van der Waals surface area contributed by atoms with Gasteiger partial charge in [-0.1, -0.05) is 6.92 Å². The minimum Gasteiger partial charge on any atom is -0.316 e. The Balaban J connectivity index is 2.25. The van der Waals surface area contributed by atoms with Crippen LogP contribution in [0.5, 0.6) is 0 Å². The Hall–Kier alpha value is -1.16. The predicted molar refractivity (Wildman–Crippen MR) is 63.7 cm³/mol. The van der Waals surface area contributed by atoms with Gasteiger partial charge in [-0.3, -0.25) is 0 Å². The summed E-state index contributed by atoms with van der Waals surface area (Å²) in [6.45, 7) is 6.25. The number of rotatable bonds is 3. The van der Waals surface area contributed by atoms with Crippen LogP contribution in [-0.2, 0) is 12.8 Å². The third kappa shape index (κ3) is 2.32. The second kappa shape index (κ2) is 4.78. The van der Waals surface area contributed by atoms with Gasteiger partial charge in [0.05, 0.1) is 5.69 Å². The fourth-order valence-electron chi connectivity index (χ4n) is 2.36. The Morgan fingerprint density at radius 2 is 2.31 bits per heavy atom. The first kappa shape index (κ1) is 11.3. The summed E-state index contributed by atoms with van der Waals surface area (Å²) in [4.78, 5) is 18.3. The maximum absolute atomic E-state index is 11.4. The second-order valence-electron chi connectivity index (χ2n) is 4.51. The van der Waals surface area contributed by atoms with Gasteiger partial charge in [-0.05, 0) is 50.8 Å². The van der Waals surface area contributed by atoms with E-state index in [4.69, 9.17) is 0 Å². The number of H-pyrrole nitrogens is 1. The van der Waals surface area contributed by atoms with Crippen molar-refractivity contribution in [2.24, 2.45) is 5.92 Å². The monoisotopic (exact) mass is 221 g/mol. The van der Waals surface area contributed by atoms with Crippen molar-refractivity contribution in [3.8, 4) is 0 Å². The summed E-state index contributed by atoms with van der Waals surface area (Å²) in [5, 5.41) is 3.35. The molecule has 1 aromatic rings. The van der Waals surface area contributed by atoms with Crippen molar-refractivity contribution in [3.63, 3.8) is 0 Å². The molecular weight excluding hydrogens is 202 g/mol. The van der Waals surface area contributed by atoms with Gasteiger partial charge in [-0.15, -0.1) is 0 Å². The van der Waals surface area contributed by atoms with Gasteiger partial charge in [-0.2, -0.15) is 4.98 Å². The van der Waals surface area contributed by atoms with Gasteiger partial charge in [0.2, 0.25) is 0 Å². The largest absolute Gasteiger partial charge is 0.345 e. The molecule has 4 heteroatoms. The first-order valence-corrected chi connectivity index (χ1v) is 6.00. The van der Waals surface area contributed by atoms with Crippen LogP contribution in [0.1, 0.15) is 30.3 Å². The summed E-state index contributed by atoms with van der Waals surface area (Å²) in [6, 6.07) is 0. The van der Waals surface area contributed by atoms with E-state index in [0.717, 1.165) is 42.9 Å². The summed E-state index contributed by atoms with van der Waals surface area (Å²) in [5.74, 6) is 0.654. The van der Waals surface area contributed by atoms with E-state index in [-0.39, 0.29) is 5.69 Å². The fourth-order valence-corrected chi connectivity index (χ4v) is 2.36. The van der Waals surface area contributed by atoms with Crippen molar-refractivity contribution < 1.29 is 0 Å². The molecule has 1 saturated heterocycles. The highest BCUT2D eigenvalue weighted by molar-refractivity contribution is 5.23. The average molecular weight is 221 g/mol. The molecule has 2 rings (SSSR count). The zero-order valence-corrected chi connectivity index (χ0v) is 9.97. The molecule has 1 atom stereocenters. The van der Waals surface area contributed by atoms with Gasteiger partial charge in [0.1, 0.15) is 0 Å². The van der Waals surface area contributed by atoms with Crippen LogP contribution in [0.4, 0.5) is 0 Å². The molecule has 1 unspecified atom stereocenters. The minimum absolute atomic E-state index is 0.205. The molecule has 0 spiro atoms. The van der Waals surface area contributed by atoms with Gasteiger partial charge in [0, 0.05) is 5.69 Å². The second-order valence-corrected chi connectivity index (χ2v) is 4.51. The van der Waals surface area contributed by atoms with Crippen LogP contribution in [-0.4, -0.2) is 23.1 Å². The van der Waals surface area contributed by atoms with E-state index in [1.165, 1.54) is 6.42 Å². The standard InChI is InChI=1S/C12H19N3O/c1-3-10-8(2)11(15-12(16)14-10)6-9-4-5-13-7-9/h9,13H,3-7H2,1-2H3,(H,14,15,16). The van der Waals surface area contributed by atoms with Crippen LogP contribution in [0.2, 0.25) is 0 Å². The van der Waals surface area contributed by atoms with Crippen LogP contribution >= 0.6 is 0 Å². The highest BCUT2D eigenvalue weighted by atomic mass is 16.1. The lowest BCUT2D eigenvalue weighted by Gasteiger charge is -2.12. The molecule has 1 aliphatic rings. The van der Waals surface area contributed by atoms with Crippen molar-refractivity contribution >= 4 is 0 Å². The summed E-state index contributed by atoms with van der Waals surface area (Å²) < 4.78 is 0. The smallest absolute Gasteiger partial charge is 0.316 e. The van der Waals surface area contributed by atoms with Crippen molar-refractivity contribution in [1.82, 2.24) is 15.3 Å². The Kier molecular flexibility index (Phi) is 3.39. The number of aromatic amines is 1. The van der Waals surface area contributed by atoms with E-state index in [1.807, 2.05) is 6.92 Å². The summed E-state index contributed by atoms with van der Waals surface area (Å²) in [6.07, 6.45) is 2.99. The Morgan fingerprint density at radius 3 is 2.94 bits per heavy atom. The highest BCUT2D eigenvalue weighted by Gasteiger charge is 2.17. The van der Waals surface area contributed by atoms with Gasteiger partial charge >= 0.3 is 5.69 Å². The maximum Gasteiger partial charge on any atom is 0.345 e. The SMILES string of the molecule is CCc1nc(=O)[nH]c(CC2CCNC2)c1C. The summed E-state index contributed by atoms with van der Waals surface area (Å²) >= 11 is 0. The van der Waals surface area contributed by atoms with E-state index >= 15 is 0 Å². The molecule has 1 aromatic heterocycles. The molecule has 0 aliphatic carbocycles. The number of hydrogen-bond donors (Lipinski definition) is 2. The van der Waals surface area contributed by atoms with Crippen molar-refractivity contribution in [2.75, 3.05) is 13.1 Å². The zero-order valence-electron chi connectivity index (χ0n) is 9.97. The van der Waals surface area contributed by atoms with E-state index in [2.05, 4.69) is 22.2 Å². The Morgan fingerprint density at radius 1 is 1.50 bits per heavy atom. The lowest BCUT2D eigenvalue weighted by molar-refractivity contribution is 0.566. The lowest BCUT2D eigenvalue weighted by atomic mass is 9.99. The van der Waals surface area contributed by atoms with Crippen LogP contribution in [0.3, 0.4) is 0 Å². The Labute approximate surface area is 95.5 Å². The predicted octanol–water partition coefficient (Wildman–Crippen LogP) is 0.793. The number of nitrogens with zero attached hydrogens (tertiary/aromatic N) is 1. The Bertz CT molecular complexity index is 419. The number of hydrogen-bond acceptors (Lipinski definition) is 3. The van der Waals surface area contributed by atoms with Crippen LogP contribution < -0.4 is 11.0 Å². The molecule has 1 fully saturated rings. The van der Waals surface area contributed by atoms with Crippen LogP contribution in [0.15, 0.2) is 4.79 Å². The van der Waals surface area contributed by atoms with Gasteiger partial charge in [-0.25, -0.2) is 4.79 Å². The van der Waals surface area contributed by atoms with Crippen molar-refractivity contribution in [2.45, 2.75) is 33.1 Å². The highest BCUT2D eigenvalue weighted by Crippen LogP contribution is 2.16. The third-order valence-electron chi connectivity index (χ3n) is 3.37. The minimum atomic E-state index is -0.205. The van der Waals surface area contributed by atoms with Crippen LogP contribution in [0.25, 0.3) is 0 Å². The van der Waals surface area contributed by atoms with Crippen molar-refractivity contribution in [3.05, 3.63) is 27.4 Å². The molecule has 0 aromatic carbocycles. The van der Waals surface area contributed by atoms with Gasteiger partial charge in [0.15, 0.2) is 0 Å². The molecule has 0 bridgehead atoms. The van der Waals surface area contributed by atoms with E-state index < -0.39 is 0 Å². The first-order chi connectivity index (χ1) is 7.70. The molecule has 1 aliphatic heterocycles. The molecule has 0 radical (unpaired) electrons. The van der Waals surface area contributed by atoms with Crippen molar-refractivity contribution in [1.29, 1.82) is 0 Å². The number of aryl methyl sites for hydroxylation is 1. The fraction of sp³-hybridized carbons (Fsp3) is 0.667. The third-order valence-corrected chi connectivity index (χ3v) is 3.37. The maximum atomic E-state index is 11.4. The topological polar surface area (TPSA) is 57.8 Å². The summed E-state index contributed by atoms with van der Waals surface area (Å²) in [5.41, 5.74) is 2.97. The molecule has 2 heterocycles. The summed E-state index contributed by atoms with van der Waals surface area (Å²) in [7, 11) is 0. The average Bonchev–Trinajstić information content (AvgIpc) is 2.75.